The lowest BCUT2D eigenvalue weighted by Crippen LogP contribution is -2.22. The van der Waals surface area contributed by atoms with E-state index in [4.69, 9.17) is 0 Å². The van der Waals surface area contributed by atoms with Gasteiger partial charge in [0.1, 0.15) is 16.5 Å². The van der Waals surface area contributed by atoms with Gasteiger partial charge >= 0.3 is 0 Å². The average Bonchev–Trinajstić information content (AvgIpc) is 3.16. The second-order valence-corrected chi connectivity index (χ2v) is 7.19. The van der Waals surface area contributed by atoms with Gasteiger partial charge in [0.25, 0.3) is 5.91 Å². The molecule has 7 heteroatoms. The fraction of sp³-hybridized carbons (Fsp3) is 0.235. The largest absolute Gasteiger partial charge is 0.312 e. The first-order valence-electron chi connectivity index (χ1n) is 7.40. The van der Waals surface area contributed by atoms with Crippen LogP contribution in [0.15, 0.2) is 42.2 Å². The van der Waals surface area contributed by atoms with E-state index in [9.17, 15) is 9.18 Å². The molecule has 24 heavy (non-hydrogen) atoms. The third-order valence-electron chi connectivity index (χ3n) is 3.44. The molecule has 3 rings (SSSR count). The van der Waals surface area contributed by atoms with Crippen molar-refractivity contribution in [1.82, 2.24) is 14.8 Å². The number of benzene rings is 1. The smallest absolute Gasteiger partial charge is 0.259 e. The highest BCUT2D eigenvalue weighted by atomic mass is 32.1. The molecule has 3 aromatic rings. The summed E-state index contributed by atoms with van der Waals surface area (Å²) in [5, 5.41) is 7.71. The fourth-order valence-corrected chi connectivity index (χ4v) is 2.83. The van der Waals surface area contributed by atoms with Crippen molar-refractivity contribution in [2.24, 2.45) is 0 Å². The van der Waals surface area contributed by atoms with Crippen molar-refractivity contribution in [3.05, 3.63) is 53.6 Å². The Kier molecular flexibility index (Phi) is 4.19. The minimum absolute atomic E-state index is 0.192. The number of nitrogens with one attached hydrogen (secondary N) is 1. The van der Waals surface area contributed by atoms with Crippen LogP contribution in [-0.4, -0.2) is 20.7 Å². The normalized spacial score (nSPS) is 11.5. The van der Waals surface area contributed by atoms with Gasteiger partial charge in [0, 0.05) is 11.8 Å². The van der Waals surface area contributed by atoms with E-state index in [0.717, 1.165) is 5.56 Å². The number of thiazole rings is 1. The van der Waals surface area contributed by atoms with Gasteiger partial charge in [-0.25, -0.2) is 9.37 Å². The Morgan fingerprint density at radius 2 is 1.96 bits per heavy atom. The molecule has 0 saturated heterocycles. The van der Waals surface area contributed by atoms with Gasteiger partial charge in [-0.05, 0) is 45.0 Å². The quantitative estimate of drug-likeness (QED) is 0.776. The number of halogens is 1. The van der Waals surface area contributed by atoms with Crippen LogP contribution < -0.4 is 5.32 Å². The van der Waals surface area contributed by atoms with E-state index in [1.165, 1.54) is 23.5 Å². The number of hydrogen-bond acceptors (Lipinski definition) is 4. The Morgan fingerprint density at radius 3 is 2.58 bits per heavy atom. The maximum absolute atomic E-state index is 13.1. The Bertz CT molecular complexity index is 861. The van der Waals surface area contributed by atoms with Crippen molar-refractivity contribution >= 4 is 22.2 Å². The summed E-state index contributed by atoms with van der Waals surface area (Å²) in [6.07, 6.45) is 3.26. The predicted octanol–water partition coefficient (Wildman–Crippen LogP) is 4.15. The van der Waals surface area contributed by atoms with Crippen molar-refractivity contribution in [3.63, 3.8) is 0 Å². The van der Waals surface area contributed by atoms with E-state index in [1.807, 2.05) is 20.8 Å². The van der Waals surface area contributed by atoms with Crippen LogP contribution in [0, 0.1) is 5.82 Å². The molecule has 0 aliphatic heterocycles. The van der Waals surface area contributed by atoms with Crippen LogP contribution in [0.5, 0.6) is 0 Å². The Balaban J connectivity index is 1.82. The van der Waals surface area contributed by atoms with Crippen LogP contribution in [0.3, 0.4) is 0 Å². The summed E-state index contributed by atoms with van der Waals surface area (Å²) in [5.41, 5.74) is 3.30. The molecule has 124 valence electrons. The lowest BCUT2D eigenvalue weighted by Gasteiger charge is -2.18. The average molecular weight is 344 g/mol. The summed E-state index contributed by atoms with van der Waals surface area (Å²) < 4.78 is 14.8. The molecule has 1 N–H and O–H groups in total. The number of carbonyl (C=O) groups excluding carboxylic acids is 1. The SMILES string of the molecule is CC(C)(C)n1cc(C(=O)Nc2scnc2-c2ccc(F)cc2)cn1. The molecule has 2 aromatic heterocycles. The highest BCUT2D eigenvalue weighted by Crippen LogP contribution is 2.30. The molecule has 0 fully saturated rings. The molecule has 0 bridgehead atoms. The maximum Gasteiger partial charge on any atom is 0.259 e. The molecule has 1 aromatic carbocycles. The van der Waals surface area contributed by atoms with E-state index in [0.29, 0.717) is 16.3 Å². The maximum atomic E-state index is 13.1. The number of carbonyl (C=O) groups is 1. The molecule has 0 saturated carbocycles. The number of aromatic nitrogens is 3. The predicted molar refractivity (Wildman–Crippen MR) is 92.7 cm³/mol. The molecule has 0 aliphatic rings. The molecule has 0 unspecified atom stereocenters. The number of anilines is 1. The molecular formula is C17H17FN4OS. The van der Waals surface area contributed by atoms with Crippen LogP contribution in [0.4, 0.5) is 9.39 Å². The van der Waals surface area contributed by atoms with Crippen molar-refractivity contribution in [3.8, 4) is 11.3 Å². The van der Waals surface area contributed by atoms with Crippen LogP contribution in [0.25, 0.3) is 11.3 Å². The Morgan fingerprint density at radius 1 is 1.25 bits per heavy atom. The van der Waals surface area contributed by atoms with Crippen molar-refractivity contribution in [2.75, 3.05) is 5.32 Å². The van der Waals surface area contributed by atoms with E-state index in [2.05, 4.69) is 15.4 Å². The van der Waals surface area contributed by atoms with E-state index in [-0.39, 0.29) is 17.3 Å². The van der Waals surface area contributed by atoms with Crippen LogP contribution in [-0.2, 0) is 5.54 Å². The third-order valence-corrected chi connectivity index (χ3v) is 4.19. The Hall–Kier alpha value is -2.54. The van der Waals surface area contributed by atoms with Gasteiger partial charge in [-0.3, -0.25) is 9.48 Å². The van der Waals surface area contributed by atoms with Gasteiger partial charge in [-0.1, -0.05) is 0 Å². The third kappa shape index (κ3) is 3.35. The molecule has 0 aliphatic carbocycles. The zero-order valence-electron chi connectivity index (χ0n) is 13.6. The molecule has 5 nitrogen and oxygen atoms in total. The van der Waals surface area contributed by atoms with Gasteiger partial charge in [0.15, 0.2) is 0 Å². The van der Waals surface area contributed by atoms with Gasteiger partial charge < -0.3 is 5.32 Å². The van der Waals surface area contributed by atoms with Crippen molar-refractivity contribution in [1.29, 1.82) is 0 Å². The lowest BCUT2D eigenvalue weighted by atomic mass is 10.1. The minimum Gasteiger partial charge on any atom is -0.312 e. The molecule has 0 radical (unpaired) electrons. The van der Waals surface area contributed by atoms with E-state index < -0.39 is 0 Å². The van der Waals surface area contributed by atoms with Crippen LogP contribution in [0.1, 0.15) is 31.1 Å². The second-order valence-electron chi connectivity index (χ2n) is 6.34. The van der Waals surface area contributed by atoms with Crippen molar-refractivity contribution in [2.45, 2.75) is 26.3 Å². The van der Waals surface area contributed by atoms with Crippen LogP contribution in [0.2, 0.25) is 0 Å². The number of hydrogen-bond donors (Lipinski definition) is 1. The monoisotopic (exact) mass is 344 g/mol. The molecule has 0 spiro atoms. The van der Waals surface area contributed by atoms with Gasteiger partial charge in [-0.2, -0.15) is 5.10 Å². The molecular weight excluding hydrogens is 327 g/mol. The molecule has 1 amide bonds. The first-order chi connectivity index (χ1) is 11.3. The summed E-state index contributed by atoms with van der Waals surface area (Å²) in [6, 6.07) is 6.01. The standard InChI is InChI=1S/C17H17FN4OS/c1-17(2,3)22-9-12(8-20-22)15(23)21-16-14(19-10-24-16)11-4-6-13(18)7-5-11/h4-10H,1-3H3,(H,21,23). The van der Waals surface area contributed by atoms with Crippen molar-refractivity contribution < 1.29 is 9.18 Å². The zero-order chi connectivity index (χ0) is 17.3. The fourth-order valence-electron chi connectivity index (χ4n) is 2.13. The summed E-state index contributed by atoms with van der Waals surface area (Å²) in [4.78, 5) is 16.7. The Labute approximate surface area is 143 Å². The lowest BCUT2D eigenvalue weighted by molar-refractivity contribution is 0.102. The summed E-state index contributed by atoms with van der Waals surface area (Å²) in [7, 11) is 0. The summed E-state index contributed by atoms with van der Waals surface area (Å²) >= 11 is 1.32. The van der Waals surface area contributed by atoms with Gasteiger partial charge in [-0.15, -0.1) is 11.3 Å². The summed E-state index contributed by atoms with van der Waals surface area (Å²) in [6.45, 7) is 6.03. The molecule has 0 atom stereocenters. The van der Waals surface area contributed by atoms with E-state index in [1.54, 1.807) is 34.7 Å². The highest BCUT2D eigenvalue weighted by Gasteiger charge is 2.18. The van der Waals surface area contributed by atoms with E-state index >= 15 is 0 Å². The topological polar surface area (TPSA) is 59.8 Å². The zero-order valence-corrected chi connectivity index (χ0v) is 14.4. The van der Waals surface area contributed by atoms with Crippen LogP contribution >= 0.6 is 11.3 Å². The molecule has 2 heterocycles. The number of rotatable bonds is 3. The highest BCUT2D eigenvalue weighted by molar-refractivity contribution is 7.14. The minimum atomic E-state index is -0.311. The summed E-state index contributed by atoms with van der Waals surface area (Å²) in [5.74, 6) is -0.563. The first-order valence-corrected chi connectivity index (χ1v) is 8.28. The number of nitrogens with zero attached hydrogens (tertiary/aromatic N) is 3. The van der Waals surface area contributed by atoms with Gasteiger partial charge in [0.2, 0.25) is 0 Å². The number of amides is 1. The van der Waals surface area contributed by atoms with Gasteiger partial charge in [0.05, 0.1) is 22.8 Å². The first kappa shape index (κ1) is 16.3. The second kappa shape index (κ2) is 6.16.